The summed E-state index contributed by atoms with van der Waals surface area (Å²) in [4.78, 5) is 8.98. The van der Waals surface area contributed by atoms with Crippen molar-refractivity contribution in [2.24, 2.45) is 10.4 Å². The van der Waals surface area contributed by atoms with Gasteiger partial charge in [-0.3, -0.25) is 0 Å². The van der Waals surface area contributed by atoms with Crippen LogP contribution in [0.1, 0.15) is 38.7 Å². The van der Waals surface area contributed by atoms with Gasteiger partial charge in [-0.15, -0.1) is 24.0 Å². The third-order valence-corrected chi connectivity index (χ3v) is 4.50. The quantitative estimate of drug-likeness (QED) is 0.264. The Morgan fingerprint density at radius 1 is 1.41 bits per heavy atom. The molecule has 154 valence electrons. The number of pyridine rings is 1. The van der Waals surface area contributed by atoms with Crippen LogP contribution in [0.5, 0.6) is 5.88 Å². The van der Waals surface area contributed by atoms with Crippen LogP contribution in [0.3, 0.4) is 0 Å². The number of nitrogens with zero attached hydrogens (tertiary/aromatic N) is 2. The number of aliphatic hydroxyl groups is 1. The lowest BCUT2D eigenvalue weighted by Crippen LogP contribution is -2.44. The lowest BCUT2D eigenvalue weighted by molar-refractivity contribution is 0.127. The van der Waals surface area contributed by atoms with Crippen molar-refractivity contribution in [3.05, 3.63) is 23.9 Å². The van der Waals surface area contributed by atoms with Crippen molar-refractivity contribution >= 4 is 29.9 Å². The number of aromatic nitrogens is 1. The van der Waals surface area contributed by atoms with Crippen LogP contribution in [-0.2, 0) is 11.3 Å². The van der Waals surface area contributed by atoms with Crippen LogP contribution in [0.2, 0.25) is 0 Å². The summed E-state index contributed by atoms with van der Waals surface area (Å²) < 4.78 is 11.3. The molecule has 27 heavy (non-hydrogen) atoms. The van der Waals surface area contributed by atoms with E-state index < -0.39 is 0 Å². The highest BCUT2D eigenvalue weighted by molar-refractivity contribution is 14.0. The molecule has 1 saturated heterocycles. The minimum absolute atomic E-state index is 0. The van der Waals surface area contributed by atoms with Crippen LogP contribution in [0.15, 0.2) is 23.3 Å². The van der Waals surface area contributed by atoms with Crippen LogP contribution < -0.4 is 15.4 Å². The molecule has 7 nitrogen and oxygen atoms in total. The minimum atomic E-state index is -0.0192. The average molecular weight is 492 g/mol. The summed E-state index contributed by atoms with van der Waals surface area (Å²) in [5.41, 5.74) is 0.946. The maximum Gasteiger partial charge on any atom is 0.218 e. The fourth-order valence-corrected chi connectivity index (χ4v) is 2.96. The van der Waals surface area contributed by atoms with Crippen molar-refractivity contribution in [2.75, 3.05) is 39.5 Å². The molecule has 1 aliphatic heterocycles. The molecule has 1 unspecified atom stereocenters. The second-order valence-electron chi connectivity index (χ2n) is 6.64. The summed E-state index contributed by atoms with van der Waals surface area (Å²) in [6, 6.07) is 3.89. The first-order valence-corrected chi connectivity index (χ1v) is 9.50. The van der Waals surface area contributed by atoms with Gasteiger partial charge in [-0.2, -0.15) is 0 Å². The van der Waals surface area contributed by atoms with E-state index in [1.165, 1.54) is 0 Å². The second kappa shape index (κ2) is 13.1. The molecule has 2 heterocycles. The number of aliphatic hydroxyl groups excluding tert-OH is 1. The molecule has 0 saturated carbocycles. The van der Waals surface area contributed by atoms with Crippen molar-refractivity contribution in [1.82, 2.24) is 15.6 Å². The number of rotatable bonds is 10. The average Bonchev–Trinajstić information content (AvgIpc) is 3.12. The van der Waals surface area contributed by atoms with Gasteiger partial charge in [0.05, 0.1) is 19.8 Å². The van der Waals surface area contributed by atoms with Crippen molar-refractivity contribution < 1.29 is 14.6 Å². The molecule has 0 aromatic carbocycles. The molecule has 1 aromatic rings. The smallest absolute Gasteiger partial charge is 0.218 e. The number of hydrogen-bond donors (Lipinski definition) is 3. The first-order chi connectivity index (χ1) is 12.7. The van der Waals surface area contributed by atoms with Gasteiger partial charge in [0.1, 0.15) is 0 Å². The Hall–Kier alpha value is -1.13. The molecule has 1 fully saturated rings. The standard InChI is InChI=1S/C19H32N4O3.HI/c1-3-11-26-17-16(6-5-9-21-17)13-22-18(20-4-2)23-14-19(7-10-24)8-12-25-15-19;/h5-6,9,24H,3-4,7-8,10-15H2,1-2H3,(H2,20,22,23);1H. The largest absolute Gasteiger partial charge is 0.477 e. The Balaban J connectivity index is 0.00000364. The van der Waals surface area contributed by atoms with Crippen LogP contribution >= 0.6 is 24.0 Å². The molecule has 0 amide bonds. The zero-order valence-electron chi connectivity index (χ0n) is 16.4. The molecule has 0 bridgehead atoms. The maximum absolute atomic E-state index is 9.36. The van der Waals surface area contributed by atoms with E-state index in [0.717, 1.165) is 50.5 Å². The van der Waals surface area contributed by atoms with Gasteiger partial charge in [-0.05, 0) is 32.3 Å². The van der Waals surface area contributed by atoms with Crippen molar-refractivity contribution in [3.8, 4) is 5.88 Å². The second-order valence-corrected chi connectivity index (χ2v) is 6.64. The van der Waals surface area contributed by atoms with Gasteiger partial charge < -0.3 is 25.2 Å². The zero-order chi connectivity index (χ0) is 18.7. The van der Waals surface area contributed by atoms with Gasteiger partial charge in [-0.1, -0.05) is 13.0 Å². The SMILES string of the molecule is CCCOc1ncccc1CN=C(NCC)NCC1(CCO)CCOC1.I. The van der Waals surface area contributed by atoms with Gasteiger partial charge in [0.2, 0.25) is 5.88 Å². The summed E-state index contributed by atoms with van der Waals surface area (Å²) in [5.74, 6) is 1.40. The molecule has 0 aliphatic carbocycles. The fourth-order valence-electron chi connectivity index (χ4n) is 2.96. The lowest BCUT2D eigenvalue weighted by Gasteiger charge is -2.27. The van der Waals surface area contributed by atoms with E-state index in [1.807, 2.05) is 19.1 Å². The Morgan fingerprint density at radius 3 is 2.93 bits per heavy atom. The molecule has 2 rings (SSSR count). The molecular formula is C19H33IN4O3. The molecular weight excluding hydrogens is 459 g/mol. The number of nitrogens with one attached hydrogen (secondary N) is 2. The van der Waals surface area contributed by atoms with Gasteiger partial charge >= 0.3 is 0 Å². The lowest BCUT2D eigenvalue weighted by atomic mass is 9.84. The summed E-state index contributed by atoms with van der Waals surface area (Å²) in [6.07, 6.45) is 4.37. The molecule has 8 heteroatoms. The van der Waals surface area contributed by atoms with Gasteiger partial charge in [0, 0.05) is 43.5 Å². The molecule has 1 aromatic heterocycles. The predicted molar refractivity (Wildman–Crippen MR) is 118 cm³/mol. The number of hydrogen-bond acceptors (Lipinski definition) is 5. The number of aliphatic imine (C=N–C) groups is 1. The van der Waals surface area contributed by atoms with Crippen molar-refractivity contribution in [1.29, 1.82) is 0 Å². The van der Waals surface area contributed by atoms with E-state index in [9.17, 15) is 5.11 Å². The van der Waals surface area contributed by atoms with Crippen molar-refractivity contribution in [2.45, 2.75) is 39.7 Å². The number of guanidine groups is 1. The van der Waals surface area contributed by atoms with Crippen molar-refractivity contribution in [3.63, 3.8) is 0 Å². The third-order valence-electron chi connectivity index (χ3n) is 4.50. The van der Waals surface area contributed by atoms with E-state index in [0.29, 0.717) is 25.6 Å². The summed E-state index contributed by atoms with van der Waals surface area (Å²) in [7, 11) is 0. The Labute approximate surface area is 179 Å². The Bertz CT molecular complexity index is 566. The van der Waals surface area contributed by atoms with E-state index in [-0.39, 0.29) is 36.0 Å². The molecule has 0 radical (unpaired) electrons. The highest BCUT2D eigenvalue weighted by Gasteiger charge is 2.34. The summed E-state index contributed by atoms with van der Waals surface area (Å²) in [6.45, 7) is 8.37. The first-order valence-electron chi connectivity index (χ1n) is 9.50. The van der Waals surface area contributed by atoms with Gasteiger partial charge in [-0.25, -0.2) is 9.98 Å². The van der Waals surface area contributed by atoms with Gasteiger partial charge in [0.15, 0.2) is 5.96 Å². The first kappa shape index (κ1) is 23.9. The topological polar surface area (TPSA) is 88.0 Å². The van der Waals surface area contributed by atoms with Gasteiger partial charge in [0.25, 0.3) is 0 Å². The maximum atomic E-state index is 9.36. The molecule has 1 atom stereocenters. The van der Waals surface area contributed by atoms with E-state index in [4.69, 9.17) is 9.47 Å². The molecule has 0 spiro atoms. The van der Waals surface area contributed by atoms with Crippen LogP contribution in [0.25, 0.3) is 0 Å². The monoisotopic (exact) mass is 492 g/mol. The van der Waals surface area contributed by atoms with Crippen LogP contribution in [0, 0.1) is 5.41 Å². The normalized spacial score (nSPS) is 19.4. The highest BCUT2D eigenvalue weighted by Crippen LogP contribution is 2.31. The highest BCUT2D eigenvalue weighted by atomic mass is 127. The molecule has 3 N–H and O–H groups in total. The molecule has 1 aliphatic rings. The summed E-state index contributed by atoms with van der Waals surface area (Å²) in [5, 5.41) is 16.0. The predicted octanol–water partition coefficient (Wildman–Crippen LogP) is 2.33. The number of halogens is 1. The Kier molecular flexibility index (Phi) is 11.6. The van der Waals surface area contributed by atoms with Crippen LogP contribution in [-0.4, -0.2) is 55.6 Å². The van der Waals surface area contributed by atoms with Crippen LogP contribution in [0.4, 0.5) is 0 Å². The Morgan fingerprint density at radius 2 is 2.26 bits per heavy atom. The fraction of sp³-hybridized carbons (Fsp3) is 0.684. The minimum Gasteiger partial charge on any atom is -0.477 e. The zero-order valence-corrected chi connectivity index (χ0v) is 18.7. The van der Waals surface area contributed by atoms with E-state index >= 15 is 0 Å². The third kappa shape index (κ3) is 7.79. The summed E-state index contributed by atoms with van der Waals surface area (Å²) >= 11 is 0. The number of ether oxygens (including phenoxy) is 2. The van der Waals surface area contributed by atoms with E-state index in [1.54, 1.807) is 6.20 Å². The van der Waals surface area contributed by atoms with E-state index in [2.05, 4.69) is 27.5 Å².